The van der Waals surface area contributed by atoms with E-state index >= 15 is 0 Å². The van der Waals surface area contributed by atoms with Gasteiger partial charge in [-0.1, -0.05) is 12.2 Å². The lowest BCUT2D eigenvalue weighted by atomic mass is 9.86. The molecule has 1 saturated carbocycles. The number of rotatable bonds is 1. The standard InChI is InChI=1S/C11H16O2/c1-8(12)13-11-6-9-4-2-3-5-10(9)7-11/h2-3,9-11H,4-7H2,1H3. The number of ether oxygens (including phenoxy) is 1. The molecule has 0 aliphatic heterocycles. The molecule has 13 heavy (non-hydrogen) atoms. The van der Waals surface area contributed by atoms with Crippen LogP contribution in [0.15, 0.2) is 12.2 Å². The lowest BCUT2D eigenvalue weighted by Gasteiger charge is -2.19. The zero-order chi connectivity index (χ0) is 9.26. The van der Waals surface area contributed by atoms with Gasteiger partial charge in [0.25, 0.3) is 0 Å². The Morgan fingerprint density at radius 1 is 1.23 bits per heavy atom. The molecule has 0 N–H and O–H groups in total. The van der Waals surface area contributed by atoms with Crippen LogP contribution in [-0.2, 0) is 9.53 Å². The van der Waals surface area contributed by atoms with E-state index in [0.29, 0.717) is 0 Å². The molecule has 2 rings (SSSR count). The van der Waals surface area contributed by atoms with Crippen LogP contribution >= 0.6 is 0 Å². The predicted molar refractivity (Wildman–Crippen MR) is 50.1 cm³/mol. The maximum Gasteiger partial charge on any atom is 0.302 e. The maximum absolute atomic E-state index is 10.8. The summed E-state index contributed by atoms with van der Waals surface area (Å²) < 4.78 is 5.24. The van der Waals surface area contributed by atoms with Crippen molar-refractivity contribution in [3.05, 3.63) is 12.2 Å². The van der Waals surface area contributed by atoms with Crippen molar-refractivity contribution in [1.29, 1.82) is 0 Å². The average Bonchev–Trinajstić information content (AvgIpc) is 2.44. The highest BCUT2D eigenvalue weighted by Crippen LogP contribution is 2.40. The van der Waals surface area contributed by atoms with Gasteiger partial charge in [-0.3, -0.25) is 4.79 Å². The summed E-state index contributed by atoms with van der Waals surface area (Å²) in [6.45, 7) is 1.50. The largest absolute Gasteiger partial charge is 0.463 e. The summed E-state index contributed by atoms with van der Waals surface area (Å²) in [5.41, 5.74) is 0. The zero-order valence-corrected chi connectivity index (χ0v) is 8.03. The van der Waals surface area contributed by atoms with Gasteiger partial charge in [-0.15, -0.1) is 0 Å². The monoisotopic (exact) mass is 180 g/mol. The van der Waals surface area contributed by atoms with Gasteiger partial charge in [0.05, 0.1) is 0 Å². The van der Waals surface area contributed by atoms with Crippen molar-refractivity contribution in [3.8, 4) is 0 Å². The summed E-state index contributed by atoms with van der Waals surface area (Å²) in [6.07, 6.45) is 9.25. The third kappa shape index (κ3) is 1.93. The van der Waals surface area contributed by atoms with Gasteiger partial charge in [0, 0.05) is 6.92 Å². The van der Waals surface area contributed by atoms with Crippen LogP contribution in [0, 0.1) is 11.8 Å². The Balaban J connectivity index is 1.90. The molecule has 0 bridgehead atoms. The van der Waals surface area contributed by atoms with E-state index in [1.807, 2.05) is 0 Å². The van der Waals surface area contributed by atoms with E-state index in [0.717, 1.165) is 24.7 Å². The number of carbonyl (C=O) groups excluding carboxylic acids is 1. The molecule has 2 unspecified atom stereocenters. The van der Waals surface area contributed by atoms with Gasteiger partial charge in [-0.2, -0.15) is 0 Å². The van der Waals surface area contributed by atoms with Crippen molar-refractivity contribution < 1.29 is 9.53 Å². The number of hydrogen-bond acceptors (Lipinski definition) is 2. The van der Waals surface area contributed by atoms with Crippen molar-refractivity contribution in [2.24, 2.45) is 11.8 Å². The molecule has 0 aromatic rings. The first-order valence-electron chi connectivity index (χ1n) is 5.08. The Morgan fingerprint density at radius 3 is 2.23 bits per heavy atom. The van der Waals surface area contributed by atoms with Crippen molar-refractivity contribution in [1.82, 2.24) is 0 Å². The maximum atomic E-state index is 10.8. The van der Waals surface area contributed by atoms with Crippen LogP contribution in [0.3, 0.4) is 0 Å². The number of allylic oxidation sites excluding steroid dienone is 2. The van der Waals surface area contributed by atoms with Crippen molar-refractivity contribution in [2.45, 2.75) is 38.7 Å². The minimum Gasteiger partial charge on any atom is -0.463 e. The fourth-order valence-corrected chi connectivity index (χ4v) is 2.61. The third-order valence-electron chi connectivity index (χ3n) is 3.17. The molecule has 2 aliphatic carbocycles. The summed E-state index contributed by atoms with van der Waals surface area (Å²) in [5, 5.41) is 0. The van der Waals surface area contributed by atoms with Crippen molar-refractivity contribution in [2.75, 3.05) is 0 Å². The predicted octanol–water partition coefficient (Wildman–Crippen LogP) is 2.29. The number of carbonyl (C=O) groups is 1. The first-order valence-corrected chi connectivity index (χ1v) is 5.08. The molecule has 2 aliphatic rings. The summed E-state index contributed by atoms with van der Waals surface area (Å²) in [5.74, 6) is 1.42. The molecule has 2 heteroatoms. The average molecular weight is 180 g/mol. The van der Waals surface area contributed by atoms with Crippen LogP contribution in [0.5, 0.6) is 0 Å². The van der Waals surface area contributed by atoms with Crippen LogP contribution in [0.25, 0.3) is 0 Å². The molecular weight excluding hydrogens is 164 g/mol. The number of esters is 1. The highest BCUT2D eigenvalue weighted by Gasteiger charge is 2.35. The topological polar surface area (TPSA) is 26.3 Å². The van der Waals surface area contributed by atoms with Crippen LogP contribution in [0.2, 0.25) is 0 Å². The van der Waals surface area contributed by atoms with Crippen LogP contribution in [-0.4, -0.2) is 12.1 Å². The molecule has 0 heterocycles. The molecule has 72 valence electrons. The minimum atomic E-state index is -0.128. The smallest absolute Gasteiger partial charge is 0.302 e. The Labute approximate surface area is 79.0 Å². The molecule has 0 radical (unpaired) electrons. The summed E-state index contributed by atoms with van der Waals surface area (Å²) in [4.78, 5) is 10.8. The molecule has 1 fully saturated rings. The van der Waals surface area contributed by atoms with E-state index in [-0.39, 0.29) is 12.1 Å². The SMILES string of the molecule is CC(=O)OC1CC2CC=CCC2C1. The van der Waals surface area contributed by atoms with Crippen LogP contribution in [0.4, 0.5) is 0 Å². The van der Waals surface area contributed by atoms with Gasteiger partial charge in [0.1, 0.15) is 6.10 Å². The van der Waals surface area contributed by atoms with Gasteiger partial charge < -0.3 is 4.74 Å². The van der Waals surface area contributed by atoms with Gasteiger partial charge in [-0.05, 0) is 37.5 Å². The molecular formula is C11H16O2. The second kappa shape index (κ2) is 3.52. The van der Waals surface area contributed by atoms with E-state index in [9.17, 15) is 4.79 Å². The first-order chi connectivity index (χ1) is 6.25. The first kappa shape index (κ1) is 8.79. The lowest BCUT2D eigenvalue weighted by Crippen LogP contribution is -2.12. The molecule has 0 aromatic heterocycles. The molecule has 2 nitrogen and oxygen atoms in total. The van der Waals surface area contributed by atoms with E-state index in [4.69, 9.17) is 4.74 Å². The van der Waals surface area contributed by atoms with E-state index in [2.05, 4.69) is 12.2 Å². The van der Waals surface area contributed by atoms with Gasteiger partial charge in [-0.25, -0.2) is 0 Å². The zero-order valence-electron chi connectivity index (χ0n) is 8.03. The van der Waals surface area contributed by atoms with Gasteiger partial charge >= 0.3 is 5.97 Å². The van der Waals surface area contributed by atoms with Crippen LogP contribution < -0.4 is 0 Å². The fourth-order valence-electron chi connectivity index (χ4n) is 2.61. The van der Waals surface area contributed by atoms with E-state index in [1.54, 1.807) is 0 Å². The normalized spacial score (nSPS) is 37.2. The van der Waals surface area contributed by atoms with Crippen molar-refractivity contribution in [3.63, 3.8) is 0 Å². The Kier molecular flexibility index (Phi) is 2.38. The second-order valence-corrected chi connectivity index (χ2v) is 4.17. The van der Waals surface area contributed by atoms with E-state index in [1.165, 1.54) is 19.8 Å². The van der Waals surface area contributed by atoms with E-state index < -0.39 is 0 Å². The summed E-state index contributed by atoms with van der Waals surface area (Å²) in [6, 6.07) is 0. The van der Waals surface area contributed by atoms with Gasteiger partial charge in [0.15, 0.2) is 0 Å². The second-order valence-electron chi connectivity index (χ2n) is 4.17. The van der Waals surface area contributed by atoms with Crippen LogP contribution in [0.1, 0.15) is 32.6 Å². The summed E-state index contributed by atoms with van der Waals surface area (Å²) in [7, 11) is 0. The lowest BCUT2D eigenvalue weighted by molar-refractivity contribution is -0.146. The third-order valence-corrected chi connectivity index (χ3v) is 3.17. The Hall–Kier alpha value is -0.790. The van der Waals surface area contributed by atoms with Gasteiger partial charge in [0.2, 0.25) is 0 Å². The molecule has 0 aromatic carbocycles. The molecule has 2 atom stereocenters. The van der Waals surface area contributed by atoms with Crippen molar-refractivity contribution >= 4 is 5.97 Å². The minimum absolute atomic E-state index is 0.128. The Bertz CT molecular complexity index is 216. The number of fused-ring (bicyclic) bond motifs is 1. The molecule has 0 saturated heterocycles. The highest BCUT2D eigenvalue weighted by atomic mass is 16.5. The quantitative estimate of drug-likeness (QED) is 0.457. The summed E-state index contributed by atoms with van der Waals surface area (Å²) >= 11 is 0. The fraction of sp³-hybridized carbons (Fsp3) is 0.727. The molecule has 0 amide bonds. The Morgan fingerprint density at radius 2 is 1.77 bits per heavy atom. The number of hydrogen-bond donors (Lipinski definition) is 0. The highest BCUT2D eigenvalue weighted by molar-refractivity contribution is 5.66. The molecule has 0 spiro atoms.